The highest BCUT2D eigenvalue weighted by Gasteiger charge is 2.61. The molecule has 0 amide bonds. The van der Waals surface area contributed by atoms with Gasteiger partial charge in [-0.1, -0.05) is 13.3 Å². The molecule has 0 aromatic heterocycles. The topological polar surface area (TPSA) is 47.3 Å². The van der Waals surface area contributed by atoms with Crippen LogP contribution in [0.1, 0.15) is 51.9 Å². The predicted octanol–water partition coefficient (Wildman–Crippen LogP) is 2.55. The van der Waals surface area contributed by atoms with Gasteiger partial charge in [0, 0.05) is 6.54 Å². The Balaban J connectivity index is 1.85. The maximum absolute atomic E-state index is 11.3. The van der Waals surface area contributed by atoms with E-state index < -0.39 is 11.0 Å². The summed E-state index contributed by atoms with van der Waals surface area (Å²) in [6.45, 7) is 5.27. The van der Waals surface area contributed by atoms with E-state index in [-0.39, 0.29) is 0 Å². The van der Waals surface area contributed by atoms with Crippen LogP contribution in [0.15, 0.2) is 0 Å². The molecular weight excluding hydrogens is 236 g/mol. The second-order valence-electron chi connectivity index (χ2n) is 6.98. The Morgan fingerprint density at radius 1 is 1.32 bits per heavy atom. The van der Waals surface area contributed by atoms with Gasteiger partial charge in [0.25, 0.3) is 0 Å². The lowest BCUT2D eigenvalue weighted by Crippen LogP contribution is -2.51. The molecule has 2 saturated carbocycles. The molecule has 2 aliphatic carbocycles. The maximum atomic E-state index is 11.3. The zero-order valence-corrected chi connectivity index (χ0v) is 12.1. The third-order valence-corrected chi connectivity index (χ3v) is 6.23. The van der Waals surface area contributed by atoms with Gasteiger partial charge in [-0.3, -0.25) is 0 Å². The van der Waals surface area contributed by atoms with Crippen LogP contribution in [0, 0.1) is 28.6 Å². The first kappa shape index (κ1) is 13.4. The largest absolute Gasteiger partial charge is 0.388 e. The molecule has 3 fully saturated rings. The van der Waals surface area contributed by atoms with Crippen molar-refractivity contribution in [3.8, 4) is 6.07 Å². The fourth-order valence-electron chi connectivity index (χ4n) is 5.08. The smallest absolute Gasteiger partial charge is 0.0891 e. The lowest BCUT2D eigenvalue weighted by molar-refractivity contribution is -0.0913. The summed E-state index contributed by atoms with van der Waals surface area (Å²) in [6, 6.07) is 2.61. The summed E-state index contributed by atoms with van der Waals surface area (Å²) >= 11 is 0. The van der Waals surface area contributed by atoms with E-state index in [9.17, 15) is 10.4 Å². The normalized spacial score (nSPS) is 47.0. The number of rotatable bonds is 2. The molecule has 0 aromatic rings. The van der Waals surface area contributed by atoms with Crippen LogP contribution in [0.4, 0.5) is 0 Å². The van der Waals surface area contributed by atoms with Crippen molar-refractivity contribution in [2.24, 2.45) is 17.3 Å². The monoisotopic (exact) mass is 262 g/mol. The van der Waals surface area contributed by atoms with E-state index in [0.29, 0.717) is 11.8 Å². The third kappa shape index (κ3) is 1.92. The minimum Gasteiger partial charge on any atom is -0.388 e. The standard InChI is InChI=1S/C16H26N2O/c1-2-18-8-3-6-16(19,7-9-18)15(12-17)11-13-4-5-14(15)10-13/h13-14,19H,2-11H2,1H3. The van der Waals surface area contributed by atoms with Gasteiger partial charge in [-0.25, -0.2) is 0 Å². The quantitative estimate of drug-likeness (QED) is 0.832. The van der Waals surface area contributed by atoms with E-state index in [2.05, 4.69) is 17.9 Å². The van der Waals surface area contributed by atoms with Crippen molar-refractivity contribution in [1.29, 1.82) is 5.26 Å². The van der Waals surface area contributed by atoms with Gasteiger partial charge in [0.15, 0.2) is 0 Å². The predicted molar refractivity (Wildman–Crippen MR) is 74.4 cm³/mol. The summed E-state index contributed by atoms with van der Waals surface area (Å²) in [5.74, 6) is 1.17. The highest BCUT2D eigenvalue weighted by Crippen LogP contribution is 2.62. The molecule has 106 valence electrons. The minimum atomic E-state index is -0.731. The van der Waals surface area contributed by atoms with E-state index in [1.807, 2.05) is 0 Å². The number of likely N-dealkylation sites (tertiary alicyclic amines) is 1. The summed E-state index contributed by atoms with van der Waals surface area (Å²) in [5, 5.41) is 21.1. The first-order valence-electron chi connectivity index (χ1n) is 7.99. The number of fused-ring (bicyclic) bond motifs is 2. The van der Waals surface area contributed by atoms with Gasteiger partial charge in [0.1, 0.15) is 0 Å². The van der Waals surface area contributed by atoms with Gasteiger partial charge >= 0.3 is 0 Å². The van der Waals surface area contributed by atoms with Crippen molar-refractivity contribution in [2.75, 3.05) is 19.6 Å². The fourth-order valence-corrected chi connectivity index (χ4v) is 5.08. The Labute approximate surface area is 116 Å². The molecule has 0 spiro atoms. The molecule has 1 heterocycles. The minimum absolute atomic E-state index is 0.431. The molecular formula is C16H26N2O. The van der Waals surface area contributed by atoms with E-state index in [1.165, 1.54) is 12.8 Å². The Kier molecular flexibility index (Phi) is 3.35. The number of nitrogens with zero attached hydrogens (tertiary/aromatic N) is 2. The summed E-state index contributed by atoms with van der Waals surface area (Å²) in [4.78, 5) is 2.41. The number of hydrogen-bond acceptors (Lipinski definition) is 3. The van der Waals surface area contributed by atoms with Crippen molar-refractivity contribution in [2.45, 2.75) is 57.5 Å². The Hall–Kier alpha value is -0.590. The highest BCUT2D eigenvalue weighted by molar-refractivity contribution is 5.20. The first-order valence-corrected chi connectivity index (χ1v) is 7.99. The van der Waals surface area contributed by atoms with Crippen LogP contribution in [-0.2, 0) is 0 Å². The van der Waals surface area contributed by atoms with Crippen LogP contribution < -0.4 is 0 Å². The molecule has 4 unspecified atom stereocenters. The van der Waals surface area contributed by atoms with Crippen molar-refractivity contribution in [1.82, 2.24) is 4.90 Å². The summed E-state index contributed by atoms with van der Waals surface area (Å²) in [6.07, 6.45) is 7.23. The van der Waals surface area contributed by atoms with Crippen LogP contribution >= 0.6 is 0 Å². The molecule has 1 saturated heterocycles. The molecule has 3 rings (SSSR count). The average molecular weight is 262 g/mol. The van der Waals surface area contributed by atoms with Crippen LogP contribution in [0.2, 0.25) is 0 Å². The van der Waals surface area contributed by atoms with E-state index in [0.717, 1.165) is 51.7 Å². The number of hydrogen-bond donors (Lipinski definition) is 1. The van der Waals surface area contributed by atoms with Crippen molar-refractivity contribution >= 4 is 0 Å². The molecule has 19 heavy (non-hydrogen) atoms. The fraction of sp³-hybridized carbons (Fsp3) is 0.938. The molecule has 2 bridgehead atoms. The van der Waals surface area contributed by atoms with Crippen LogP contribution in [0.5, 0.6) is 0 Å². The second-order valence-corrected chi connectivity index (χ2v) is 6.98. The van der Waals surface area contributed by atoms with E-state index in [4.69, 9.17) is 0 Å². The van der Waals surface area contributed by atoms with Crippen LogP contribution in [0.3, 0.4) is 0 Å². The van der Waals surface area contributed by atoms with Gasteiger partial charge in [-0.15, -0.1) is 0 Å². The Morgan fingerprint density at radius 2 is 2.16 bits per heavy atom. The zero-order chi connectivity index (χ0) is 13.5. The summed E-state index contributed by atoms with van der Waals surface area (Å²) in [5.41, 5.74) is -1.16. The molecule has 3 heteroatoms. The molecule has 3 nitrogen and oxygen atoms in total. The van der Waals surface area contributed by atoms with Crippen molar-refractivity contribution in [3.63, 3.8) is 0 Å². The molecule has 1 aliphatic heterocycles. The average Bonchev–Trinajstić information content (AvgIpc) is 2.97. The van der Waals surface area contributed by atoms with Crippen molar-refractivity contribution in [3.05, 3.63) is 0 Å². The Morgan fingerprint density at radius 3 is 2.74 bits per heavy atom. The number of aliphatic hydroxyl groups is 1. The van der Waals surface area contributed by atoms with E-state index >= 15 is 0 Å². The summed E-state index contributed by atoms with van der Waals surface area (Å²) in [7, 11) is 0. The van der Waals surface area contributed by atoms with Gasteiger partial charge in [0.05, 0.1) is 17.1 Å². The maximum Gasteiger partial charge on any atom is 0.0891 e. The number of nitriles is 1. The van der Waals surface area contributed by atoms with Crippen LogP contribution in [0.25, 0.3) is 0 Å². The molecule has 1 N–H and O–H groups in total. The zero-order valence-electron chi connectivity index (χ0n) is 12.1. The SMILES string of the molecule is CCN1CCCC(O)(C2(C#N)CC3CCC2C3)CC1. The molecule has 0 radical (unpaired) electrons. The third-order valence-electron chi connectivity index (χ3n) is 6.23. The second kappa shape index (κ2) is 4.75. The molecule has 4 atom stereocenters. The first-order chi connectivity index (χ1) is 9.13. The van der Waals surface area contributed by atoms with E-state index in [1.54, 1.807) is 0 Å². The van der Waals surface area contributed by atoms with Gasteiger partial charge < -0.3 is 10.0 Å². The van der Waals surface area contributed by atoms with Crippen LogP contribution in [-0.4, -0.2) is 35.2 Å². The Bertz CT molecular complexity index is 391. The summed E-state index contributed by atoms with van der Waals surface area (Å²) < 4.78 is 0. The van der Waals surface area contributed by atoms with Gasteiger partial charge in [-0.05, 0) is 63.5 Å². The molecule has 3 aliphatic rings. The highest BCUT2D eigenvalue weighted by atomic mass is 16.3. The lowest BCUT2D eigenvalue weighted by Gasteiger charge is -2.45. The van der Waals surface area contributed by atoms with Gasteiger partial charge in [0.2, 0.25) is 0 Å². The molecule has 0 aromatic carbocycles. The lowest BCUT2D eigenvalue weighted by atomic mass is 9.60. The van der Waals surface area contributed by atoms with Gasteiger partial charge in [-0.2, -0.15) is 5.26 Å². The van der Waals surface area contributed by atoms with Crippen molar-refractivity contribution < 1.29 is 5.11 Å².